The maximum absolute atomic E-state index is 12.1. The number of non-ortho nitro benzene ring substituents is 1. The lowest BCUT2D eigenvalue weighted by Crippen LogP contribution is -2.25. The van der Waals surface area contributed by atoms with Gasteiger partial charge in [0, 0.05) is 25.2 Å². The van der Waals surface area contributed by atoms with E-state index in [1.54, 1.807) is 0 Å². The lowest BCUT2D eigenvalue weighted by Gasteiger charge is -2.08. The van der Waals surface area contributed by atoms with Crippen molar-refractivity contribution in [3.63, 3.8) is 0 Å². The molecule has 0 saturated carbocycles. The van der Waals surface area contributed by atoms with Crippen molar-refractivity contribution in [3.8, 4) is 0 Å². The standard InChI is InChI=1S/C17H21N3O5S/c21-20(22)16-8-10-17(11-9-16)26(23,24)19-13-5-4-12-18-25-14-15-6-2-1-3-7-15/h1-3,6-11,18-19H,4-5,12-14H2. The summed E-state index contributed by atoms with van der Waals surface area (Å²) < 4.78 is 26.6. The van der Waals surface area contributed by atoms with Gasteiger partial charge in [0.25, 0.3) is 5.69 Å². The molecule has 2 aromatic carbocycles. The largest absolute Gasteiger partial charge is 0.297 e. The Morgan fingerprint density at radius 3 is 2.27 bits per heavy atom. The monoisotopic (exact) mass is 379 g/mol. The number of nitrogens with zero attached hydrogens (tertiary/aromatic N) is 1. The van der Waals surface area contributed by atoms with Gasteiger partial charge in [-0.1, -0.05) is 30.3 Å². The highest BCUT2D eigenvalue weighted by Gasteiger charge is 2.14. The third-order valence-electron chi connectivity index (χ3n) is 3.54. The van der Waals surface area contributed by atoms with Crippen molar-refractivity contribution in [2.45, 2.75) is 24.3 Å². The third kappa shape index (κ3) is 6.52. The van der Waals surface area contributed by atoms with E-state index < -0.39 is 14.9 Å². The average molecular weight is 379 g/mol. The number of unbranched alkanes of at least 4 members (excludes halogenated alkanes) is 1. The fourth-order valence-electron chi connectivity index (χ4n) is 2.14. The molecule has 2 rings (SSSR count). The molecule has 0 saturated heterocycles. The highest BCUT2D eigenvalue weighted by atomic mass is 32.2. The van der Waals surface area contributed by atoms with E-state index in [1.807, 2.05) is 30.3 Å². The van der Waals surface area contributed by atoms with E-state index in [4.69, 9.17) is 4.84 Å². The van der Waals surface area contributed by atoms with Crippen LogP contribution in [0.15, 0.2) is 59.5 Å². The molecule has 0 aromatic heterocycles. The van der Waals surface area contributed by atoms with Crippen LogP contribution < -0.4 is 10.2 Å². The Morgan fingerprint density at radius 1 is 0.962 bits per heavy atom. The van der Waals surface area contributed by atoms with Crippen LogP contribution in [0.4, 0.5) is 5.69 Å². The average Bonchev–Trinajstić information content (AvgIpc) is 2.65. The molecular formula is C17H21N3O5S. The van der Waals surface area contributed by atoms with Crippen LogP contribution in [0, 0.1) is 10.1 Å². The Hall–Kier alpha value is -2.33. The molecule has 0 radical (unpaired) electrons. The summed E-state index contributed by atoms with van der Waals surface area (Å²) in [4.78, 5) is 15.3. The topological polar surface area (TPSA) is 111 Å². The fraction of sp³-hybridized carbons (Fsp3) is 0.294. The Balaban J connectivity index is 1.62. The minimum atomic E-state index is -3.66. The van der Waals surface area contributed by atoms with E-state index in [0.29, 0.717) is 19.6 Å². The quantitative estimate of drug-likeness (QED) is 0.352. The van der Waals surface area contributed by atoms with Crippen LogP contribution in [0.25, 0.3) is 0 Å². The number of hydroxylamine groups is 1. The number of sulfonamides is 1. The van der Waals surface area contributed by atoms with Gasteiger partial charge in [0.05, 0.1) is 16.4 Å². The molecule has 0 aliphatic heterocycles. The Kier molecular flexibility index (Phi) is 7.67. The molecule has 0 fully saturated rings. The van der Waals surface area contributed by atoms with Crippen molar-refractivity contribution in [3.05, 3.63) is 70.3 Å². The van der Waals surface area contributed by atoms with Gasteiger partial charge >= 0.3 is 0 Å². The summed E-state index contributed by atoms with van der Waals surface area (Å²) in [5, 5.41) is 10.6. The number of rotatable bonds is 11. The Bertz CT molecular complexity index is 795. The van der Waals surface area contributed by atoms with Gasteiger partial charge in [0.15, 0.2) is 0 Å². The smallest absolute Gasteiger partial charge is 0.269 e. The molecule has 0 spiro atoms. The maximum atomic E-state index is 12.1. The second kappa shape index (κ2) is 9.97. The summed E-state index contributed by atoms with van der Waals surface area (Å²) >= 11 is 0. The van der Waals surface area contributed by atoms with E-state index in [-0.39, 0.29) is 17.1 Å². The van der Waals surface area contributed by atoms with Gasteiger partial charge in [0.2, 0.25) is 10.0 Å². The van der Waals surface area contributed by atoms with Crippen LogP contribution in [-0.2, 0) is 21.5 Å². The number of nitrogens with one attached hydrogen (secondary N) is 2. The van der Waals surface area contributed by atoms with Gasteiger partial charge in [-0.25, -0.2) is 18.6 Å². The molecule has 0 bridgehead atoms. The van der Waals surface area contributed by atoms with Crippen molar-refractivity contribution < 1.29 is 18.2 Å². The first-order valence-electron chi connectivity index (χ1n) is 8.12. The van der Waals surface area contributed by atoms with Crippen molar-refractivity contribution in [2.75, 3.05) is 13.1 Å². The Labute approximate surface area is 152 Å². The molecule has 0 heterocycles. The maximum Gasteiger partial charge on any atom is 0.269 e. The molecule has 140 valence electrons. The number of hydrogen-bond acceptors (Lipinski definition) is 6. The van der Waals surface area contributed by atoms with Crippen LogP contribution in [0.5, 0.6) is 0 Å². The zero-order valence-corrected chi connectivity index (χ0v) is 14.9. The van der Waals surface area contributed by atoms with Crippen LogP contribution in [0.2, 0.25) is 0 Å². The second-order valence-corrected chi connectivity index (χ2v) is 7.29. The van der Waals surface area contributed by atoms with E-state index in [2.05, 4.69) is 10.2 Å². The highest BCUT2D eigenvalue weighted by Crippen LogP contribution is 2.15. The van der Waals surface area contributed by atoms with Crippen molar-refractivity contribution in [2.24, 2.45) is 0 Å². The summed E-state index contributed by atoms with van der Waals surface area (Å²) in [6, 6.07) is 14.5. The van der Waals surface area contributed by atoms with Crippen molar-refractivity contribution in [1.82, 2.24) is 10.2 Å². The molecule has 2 N–H and O–H groups in total. The number of benzene rings is 2. The molecule has 0 unspecified atom stereocenters. The molecule has 26 heavy (non-hydrogen) atoms. The van der Waals surface area contributed by atoms with E-state index in [9.17, 15) is 18.5 Å². The van der Waals surface area contributed by atoms with Gasteiger partial charge in [-0.2, -0.15) is 0 Å². The summed E-state index contributed by atoms with van der Waals surface area (Å²) in [7, 11) is -3.66. The predicted molar refractivity (Wildman–Crippen MR) is 96.8 cm³/mol. The molecule has 0 amide bonds. The number of hydrogen-bond donors (Lipinski definition) is 2. The van der Waals surface area contributed by atoms with E-state index >= 15 is 0 Å². The zero-order chi connectivity index (χ0) is 18.8. The zero-order valence-electron chi connectivity index (χ0n) is 14.1. The molecule has 0 aliphatic rings. The fourth-order valence-corrected chi connectivity index (χ4v) is 3.21. The highest BCUT2D eigenvalue weighted by molar-refractivity contribution is 7.89. The minimum absolute atomic E-state index is 0.00687. The summed E-state index contributed by atoms with van der Waals surface area (Å²) in [6.45, 7) is 1.35. The van der Waals surface area contributed by atoms with Crippen LogP contribution in [0.3, 0.4) is 0 Å². The predicted octanol–water partition coefficient (Wildman–Crippen LogP) is 2.37. The summed E-state index contributed by atoms with van der Waals surface area (Å²) in [5.41, 5.74) is 3.76. The third-order valence-corrected chi connectivity index (χ3v) is 5.02. The van der Waals surface area contributed by atoms with Crippen LogP contribution in [-0.4, -0.2) is 26.4 Å². The lowest BCUT2D eigenvalue weighted by atomic mass is 10.2. The van der Waals surface area contributed by atoms with Crippen molar-refractivity contribution in [1.29, 1.82) is 0 Å². The van der Waals surface area contributed by atoms with Crippen LogP contribution in [0.1, 0.15) is 18.4 Å². The van der Waals surface area contributed by atoms with Gasteiger partial charge in [-0.3, -0.25) is 15.0 Å². The number of nitro groups is 1. The molecule has 9 heteroatoms. The van der Waals surface area contributed by atoms with E-state index in [1.165, 1.54) is 24.3 Å². The molecular weight excluding hydrogens is 358 g/mol. The van der Waals surface area contributed by atoms with Gasteiger partial charge < -0.3 is 0 Å². The first-order valence-corrected chi connectivity index (χ1v) is 9.60. The second-order valence-electron chi connectivity index (χ2n) is 5.52. The van der Waals surface area contributed by atoms with Gasteiger partial charge in [-0.05, 0) is 30.5 Å². The number of nitro benzene ring substituents is 1. The summed E-state index contributed by atoms with van der Waals surface area (Å²) in [5.74, 6) is 0. The molecule has 8 nitrogen and oxygen atoms in total. The molecule has 2 aromatic rings. The normalized spacial score (nSPS) is 11.4. The van der Waals surface area contributed by atoms with Crippen LogP contribution >= 0.6 is 0 Å². The van der Waals surface area contributed by atoms with E-state index in [0.717, 1.165) is 12.0 Å². The molecule has 0 atom stereocenters. The first kappa shape index (κ1) is 20.0. The lowest BCUT2D eigenvalue weighted by molar-refractivity contribution is -0.384. The SMILES string of the molecule is O=[N+]([O-])c1ccc(S(=O)(=O)NCCCCNOCc2ccccc2)cc1. The Morgan fingerprint density at radius 2 is 1.62 bits per heavy atom. The van der Waals surface area contributed by atoms with Gasteiger partial charge in [-0.15, -0.1) is 0 Å². The molecule has 0 aliphatic carbocycles. The summed E-state index contributed by atoms with van der Waals surface area (Å²) in [6.07, 6.45) is 1.37. The first-order chi connectivity index (χ1) is 12.5. The van der Waals surface area contributed by atoms with Crippen molar-refractivity contribution >= 4 is 15.7 Å². The van der Waals surface area contributed by atoms with Gasteiger partial charge in [0.1, 0.15) is 0 Å². The minimum Gasteiger partial charge on any atom is -0.297 e.